The summed E-state index contributed by atoms with van der Waals surface area (Å²) in [5.74, 6) is 3.36. The zero-order valence-electron chi connectivity index (χ0n) is 15.8. The summed E-state index contributed by atoms with van der Waals surface area (Å²) >= 11 is 0. The Balaban J connectivity index is 1.45. The summed E-state index contributed by atoms with van der Waals surface area (Å²) in [6.45, 7) is 0.928. The molecule has 5 rings (SSSR count). The third-order valence-corrected chi connectivity index (χ3v) is 5.03. The Labute approximate surface area is 165 Å². The van der Waals surface area contributed by atoms with Crippen LogP contribution in [0.15, 0.2) is 42.9 Å². The average molecular weight is 394 g/mol. The van der Waals surface area contributed by atoms with E-state index in [2.05, 4.69) is 20.3 Å². The second-order valence-electron chi connectivity index (χ2n) is 6.95. The highest BCUT2D eigenvalue weighted by Gasteiger charge is 2.28. The molecule has 4 aromatic rings. The molecule has 0 fully saturated rings. The number of aromatic nitrogens is 8. The summed E-state index contributed by atoms with van der Waals surface area (Å²) in [6.07, 6.45) is 4.93. The lowest BCUT2D eigenvalue weighted by Crippen LogP contribution is -2.22. The Morgan fingerprint density at radius 1 is 1.24 bits per heavy atom. The molecule has 0 radical (unpaired) electrons. The maximum atomic E-state index is 13.4. The Morgan fingerprint density at radius 2 is 2.17 bits per heavy atom. The van der Waals surface area contributed by atoms with Gasteiger partial charge in [-0.3, -0.25) is 9.36 Å². The molecule has 0 aliphatic carbocycles. The fourth-order valence-corrected chi connectivity index (χ4v) is 3.60. The number of ether oxygens (including phenoxy) is 1. The Bertz CT molecular complexity index is 1150. The topological polar surface area (TPSA) is 88.5 Å². The fourth-order valence-electron chi connectivity index (χ4n) is 3.60. The summed E-state index contributed by atoms with van der Waals surface area (Å²) in [4.78, 5) is 9.11. The van der Waals surface area contributed by atoms with E-state index in [0.29, 0.717) is 11.6 Å². The van der Waals surface area contributed by atoms with Crippen LogP contribution >= 0.6 is 0 Å². The highest BCUT2D eigenvalue weighted by atomic mass is 19.1. The van der Waals surface area contributed by atoms with Crippen molar-refractivity contribution in [2.75, 3.05) is 0 Å². The molecule has 1 aliphatic rings. The van der Waals surface area contributed by atoms with Crippen molar-refractivity contribution in [2.45, 2.75) is 31.9 Å². The van der Waals surface area contributed by atoms with Gasteiger partial charge >= 0.3 is 0 Å². The summed E-state index contributed by atoms with van der Waals surface area (Å²) in [5.41, 5.74) is 0. The highest BCUT2D eigenvalue weighted by Crippen LogP contribution is 2.28. The normalized spacial score (nSPS) is 16.0. The summed E-state index contributed by atoms with van der Waals surface area (Å²) < 4.78 is 24.6. The first-order valence-electron chi connectivity index (χ1n) is 9.36. The number of nitrogens with zero attached hydrogens (tertiary/aromatic N) is 8. The molecule has 0 spiro atoms. The molecule has 1 aliphatic heterocycles. The van der Waals surface area contributed by atoms with Crippen LogP contribution in [0, 0.1) is 5.82 Å². The smallest absolute Gasteiger partial charge is 0.188 e. The zero-order chi connectivity index (χ0) is 19.8. The molecule has 0 saturated heterocycles. The van der Waals surface area contributed by atoms with Crippen LogP contribution in [0.25, 0.3) is 5.82 Å². The van der Waals surface area contributed by atoms with Crippen molar-refractivity contribution in [3.05, 3.63) is 66.1 Å². The first-order valence-corrected chi connectivity index (χ1v) is 9.36. The Kier molecular flexibility index (Phi) is 4.30. The van der Waals surface area contributed by atoms with Crippen LogP contribution in [0.3, 0.4) is 0 Å². The predicted molar refractivity (Wildman–Crippen MR) is 99.9 cm³/mol. The summed E-state index contributed by atoms with van der Waals surface area (Å²) in [7, 11) is 1.86. The van der Waals surface area contributed by atoms with E-state index < -0.39 is 0 Å². The van der Waals surface area contributed by atoms with Crippen LogP contribution in [0.5, 0.6) is 5.75 Å². The third kappa shape index (κ3) is 3.37. The molecule has 4 heterocycles. The molecule has 1 unspecified atom stereocenters. The maximum absolute atomic E-state index is 13.4. The van der Waals surface area contributed by atoms with Gasteiger partial charge in [0.25, 0.3) is 0 Å². The van der Waals surface area contributed by atoms with Crippen molar-refractivity contribution in [1.29, 1.82) is 0 Å². The van der Waals surface area contributed by atoms with E-state index in [1.54, 1.807) is 29.3 Å². The third-order valence-electron chi connectivity index (χ3n) is 5.03. The van der Waals surface area contributed by atoms with Crippen molar-refractivity contribution >= 4 is 0 Å². The second-order valence-corrected chi connectivity index (χ2v) is 6.95. The Morgan fingerprint density at radius 3 is 3.00 bits per heavy atom. The quantitative estimate of drug-likeness (QED) is 0.515. The maximum Gasteiger partial charge on any atom is 0.188 e. The minimum Gasteiger partial charge on any atom is -0.485 e. The van der Waals surface area contributed by atoms with Gasteiger partial charge in [-0.2, -0.15) is 14.9 Å². The fraction of sp³-hybridized carbons (Fsp3) is 0.316. The standard InChI is InChI=1S/C19H19FN8O/c1-26-18(5-7-22-26)28-19(13-6-8-27-17(9-13)21-12-23-27)24-16(25-28)11-29-15-4-2-3-14(20)10-15/h2-5,7,10,12-13H,6,8-9,11H2,1H3. The van der Waals surface area contributed by atoms with Crippen LogP contribution in [0.2, 0.25) is 0 Å². The van der Waals surface area contributed by atoms with Crippen molar-refractivity contribution < 1.29 is 9.13 Å². The summed E-state index contributed by atoms with van der Waals surface area (Å²) in [6, 6.07) is 7.92. The number of aryl methyl sites for hydroxylation is 2. The molecular formula is C19H19FN8O. The molecule has 3 aromatic heterocycles. The number of benzene rings is 1. The lowest BCUT2D eigenvalue weighted by atomic mass is 9.97. The number of hydrogen-bond donors (Lipinski definition) is 0. The number of fused-ring (bicyclic) bond motifs is 1. The SMILES string of the molecule is Cn1nccc1-n1nc(COc2cccc(F)c2)nc1C1CCn2ncnc2C1. The summed E-state index contributed by atoms with van der Waals surface area (Å²) in [5, 5.41) is 13.1. The minimum absolute atomic E-state index is 0.143. The van der Waals surface area contributed by atoms with E-state index in [0.717, 1.165) is 36.9 Å². The molecule has 0 amide bonds. The van der Waals surface area contributed by atoms with Gasteiger partial charge in [0, 0.05) is 38.1 Å². The molecule has 0 bridgehead atoms. The predicted octanol–water partition coefficient (Wildman–Crippen LogP) is 2.04. The van der Waals surface area contributed by atoms with E-state index in [4.69, 9.17) is 9.72 Å². The van der Waals surface area contributed by atoms with Gasteiger partial charge in [0.15, 0.2) is 11.6 Å². The first kappa shape index (κ1) is 17.5. The molecule has 9 nitrogen and oxygen atoms in total. The van der Waals surface area contributed by atoms with Crippen molar-refractivity contribution in [3.63, 3.8) is 0 Å². The van der Waals surface area contributed by atoms with Crippen molar-refractivity contribution in [2.24, 2.45) is 7.05 Å². The monoisotopic (exact) mass is 394 g/mol. The molecule has 1 atom stereocenters. The molecular weight excluding hydrogens is 375 g/mol. The molecule has 148 valence electrons. The van der Waals surface area contributed by atoms with Crippen LogP contribution in [-0.2, 0) is 26.6 Å². The molecule has 0 N–H and O–H groups in total. The number of halogens is 1. The first-order chi connectivity index (χ1) is 14.2. The van der Waals surface area contributed by atoms with Gasteiger partial charge in [-0.25, -0.2) is 14.4 Å². The molecule has 29 heavy (non-hydrogen) atoms. The lowest BCUT2D eigenvalue weighted by Gasteiger charge is -2.21. The van der Waals surface area contributed by atoms with Gasteiger partial charge in [-0.1, -0.05) is 6.07 Å². The van der Waals surface area contributed by atoms with E-state index in [1.165, 1.54) is 12.1 Å². The second kappa shape index (κ2) is 7.12. The van der Waals surface area contributed by atoms with Crippen LogP contribution < -0.4 is 4.74 Å². The van der Waals surface area contributed by atoms with E-state index in [-0.39, 0.29) is 18.3 Å². The Hall–Kier alpha value is -3.56. The van der Waals surface area contributed by atoms with Crippen molar-refractivity contribution in [3.8, 4) is 11.6 Å². The average Bonchev–Trinajstić information content (AvgIpc) is 3.45. The van der Waals surface area contributed by atoms with E-state index >= 15 is 0 Å². The van der Waals surface area contributed by atoms with Gasteiger partial charge in [0.2, 0.25) is 0 Å². The van der Waals surface area contributed by atoms with Gasteiger partial charge in [-0.15, -0.1) is 5.10 Å². The largest absolute Gasteiger partial charge is 0.485 e. The highest BCUT2D eigenvalue weighted by molar-refractivity contribution is 5.25. The van der Waals surface area contributed by atoms with Crippen LogP contribution in [0.4, 0.5) is 4.39 Å². The molecule has 0 saturated carbocycles. The van der Waals surface area contributed by atoms with Gasteiger partial charge in [0.05, 0.1) is 6.20 Å². The number of hydrogen-bond acceptors (Lipinski definition) is 6. The lowest BCUT2D eigenvalue weighted by molar-refractivity contribution is 0.294. The molecule has 1 aromatic carbocycles. The zero-order valence-corrected chi connectivity index (χ0v) is 15.8. The minimum atomic E-state index is -0.345. The van der Waals surface area contributed by atoms with Crippen LogP contribution in [-0.4, -0.2) is 39.3 Å². The van der Waals surface area contributed by atoms with Gasteiger partial charge < -0.3 is 4.74 Å². The molecule has 10 heteroatoms. The number of rotatable bonds is 5. The van der Waals surface area contributed by atoms with Crippen LogP contribution in [0.1, 0.15) is 29.8 Å². The van der Waals surface area contributed by atoms with E-state index in [9.17, 15) is 4.39 Å². The van der Waals surface area contributed by atoms with E-state index in [1.807, 2.05) is 22.5 Å². The van der Waals surface area contributed by atoms with Crippen molar-refractivity contribution in [1.82, 2.24) is 39.3 Å². The van der Waals surface area contributed by atoms with Gasteiger partial charge in [0.1, 0.15) is 36.1 Å². The van der Waals surface area contributed by atoms with Gasteiger partial charge in [-0.05, 0) is 18.6 Å².